The quantitative estimate of drug-likeness (QED) is 0.408. The summed E-state index contributed by atoms with van der Waals surface area (Å²) in [5, 5.41) is 7.26. The molecule has 2 heterocycles. The largest absolute Gasteiger partial charge is 0.493 e. The van der Waals surface area contributed by atoms with Crippen LogP contribution >= 0.6 is 0 Å². The smallest absolute Gasteiger partial charge is 0.264 e. The second-order valence-corrected chi connectivity index (χ2v) is 7.44. The summed E-state index contributed by atoms with van der Waals surface area (Å²) in [4.78, 5) is 13.3. The number of aromatic nitrogens is 4. The van der Waals surface area contributed by atoms with Crippen molar-refractivity contribution in [2.24, 2.45) is 0 Å². The van der Waals surface area contributed by atoms with E-state index in [0.717, 1.165) is 11.4 Å². The van der Waals surface area contributed by atoms with Crippen molar-refractivity contribution >= 4 is 11.6 Å². The van der Waals surface area contributed by atoms with E-state index in [1.807, 2.05) is 31.2 Å². The van der Waals surface area contributed by atoms with Crippen molar-refractivity contribution in [3.05, 3.63) is 65.2 Å². The van der Waals surface area contributed by atoms with Gasteiger partial charge in [0.15, 0.2) is 18.1 Å². The fourth-order valence-corrected chi connectivity index (χ4v) is 3.24. The lowest BCUT2D eigenvalue weighted by Gasteiger charge is -2.10. The Morgan fingerprint density at radius 1 is 0.909 bits per heavy atom. The Kier molecular flexibility index (Phi) is 6.39. The van der Waals surface area contributed by atoms with Gasteiger partial charge >= 0.3 is 0 Å². The zero-order valence-corrected chi connectivity index (χ0v) is 19.2. The van der Waals surface area contributed by atoms with Gasteiger partial charge in [-0.1, -0.05) is 17.3 Å². The molecule has 0 aliphatic rings. The highest BCUT2D eigenvalue weighted by atomic mass is 16.5. The highest BCUT2D eigenvalue weighted by Crippen LogP contribution is 2.36. The molecule has 0 aliphatic carbocycles. The van der Waals surface area contributed by atoms with Crippen LogP contribution in [0.15, 0.2) is 47.0 Å². The van der Waals surface area contributed by atoms with Crippen molar-refractivity contribution in [1.29, 1.82) is 0 Å². The number of benzene rings is 2. The summed E-state index contributed by atoms with van der Waals surface area (Å²) in [7, 11) is 3.14. The monoisotopic (exact) mass is 447 g/mol. The lowest BCUT2D eigenvalue weighted by atomic mass is 10.1. The van der Waals surface area contributed by atoms with Crippen LogP contribution in [0.1, 0.15) is 22.7 Å². The van der Waals surface area contributed by atoms with Crippen LogP contribution in [0.2, 0.25) is 0 Å². The average molecular weight is 447 g/mol. The number of ether oxygens (including phenoxy) is 3. The lowest BCUT2D eigenvalue weighted by Crippen LogP contribution is -2.03. The number of nitrogens with one attached hydrogen (secondary N) is 1. The molecule has 0 saturated heterocycles. The zero-order chi connectivity index (χ0) is 23.4. The predicted octanol–water partition coefficient (Wildman–Crippen LogP) is 4.79. The normalized spacial score (nSPS) is 10.7. The van der Waals surface area contributed by atoms with E-state index in [4.69, 9.17) is 18.7 Å². The van der Waals surface area contributed by atoms with Gasteiger partial charge in [0.2, 0.25) is 17.7 Å². The van der Waals surface area contributed by atoms with Gasteiger partial charge in [0.25, 0.3) is 5.89 Å². The number of methoxy groups -OCH3 is 2. The van der Waals surface area contributed by atoms with E-state index >= 15 is 0 Å². The lowest BCUT2D eigenvalue weighted by molar-refractivity contribution is 0.235. The fraction of sp³-hybridized carbons (Fsp3) is 0.250. The standard InChI is InChI=1S/C24H25N5O4/c1-14-9-10-17(11-15(14)2)26-24-25-16(3)12-20(28-24)32-13-21-27-23(29-33-21)18-7-6-8-19(30-4)22(18)31-5/h6-12H,13H2,1-5H3,(H,25,26,28). The van der Waals surface area contributed by atoms with Crippen LogP contribution in [0.4, 0.5) is 11.6 Å². The van der Waals surface area contributed by atoms with Crippen LogP contribution in [0.25, 0.3) is 11.4 Å². The molecule has 0 amide bonds. The fourth-order valence-electron chi connectivity index (χ4n) is 3.24. The average Bonchev–Trinajstić information content (AvgIpc) is 3.28. The minimum atomic E-state index is 0.0544. The maximum Gasteiger partial charge on any atom is 0.264 e. The Bertz CT molecular complexity index is 1270. The van der Waals surface area contributed by atoms with Gasteiger partial charge in [0, 0.05) is 17.4 Å². The van der Waals surface area contributed by atoms with Gasteiger partial charge in [0.05, 0.1) is 19.8 Å². The highest BCUT2D eigenvalue weighted by molar-refractivity contribution is 5.68. The first-order chi connectivity index (χ1) is 16.0. The van der Waals surface area contributed by atoms with E-state index < -0.39 is 0 Å². The maximum absolute atomic E-state index is 5.80. The Labute approximate surface area is 191 Å². The molecule has 4 aromatic rings. The molecule has 0 spiro atoms. The molecule has 0 atom stereocenters. The van der Waals surface area contributed by atoms with Crippen molar-refractivity contribution in [3.8, 4) is 28.8 Å². The molecule has 0 unspecified atom stereocenters. The molecular weight excluding hydrogens is 422 g/mol. The van der Waals surface area contributed by atoms with Crippen LogP contribution < -0.4 is 19.5 Å². The van der Waals surface area contributed by atoms with E-state index in [2.05, 4.69) is 45.3 Å². The van der Waals surface area contributed by atoms with E-state index in [0.29, 0.717) is 40.6 Å². The second-order valence-electron chi connectivity index (χ2n) is 7.44. The third-order valence-electron chi connectivity index (χ3n) is 5.05. The van der Waals surface area contributed by atoms with Crippen LogP contribution in [-0.4, -0.2) is 34.3 Å². The predicted molar refractivity (Wildman–Crippen MR) is 123 cm³/mol. The number of nitrogens with zero attached hydrogens (tertiary/aromatic N) is 4. The van der Waals surface area contributed by atoms with E-state index in [-0.39, 0.29) is 6.61 Å². The first-order valence-electron chi connectivity index (χ1n) is 10.3. The summed E-state index contributed by atoms with van der Waals surface area (Å²) in [5.74, 6) is 2.63. The summed E-state index contributed by atoms with van der Waals surface area (Å²) in [6, 6.07) is 13.3. The Balaban J connectivity index is 1.48. The zero-order valence-electron chi connectivity index (χ0n) is 19.2. The van der Waals surface area contributed by atoms with E-state index in [9.17, 15) is 0 Å². The minimum Gasteiger partial charge on any atom is -0.493 e. The molecule has 9 nitrogen and oxygen atoms in total. The summed E-state index contributed by atoms with van der Waals surface area (Å²) < 4.78 is 21.9. The molecule has 2 aromatic carbocycles. The molecule has 0 aliphatic heterocycles. The Morgan fingerprint density at radius 3 is 2.52 bits per heavy atom. The van der Waals surface area contributed by atoms with Crippen LogP contribution in [0.5, 0.6) is 17.4 Å². The number of aryl methyl sites for hydroxylation is 3. The number of anilines is 2. The Hall–Kier alpha value is -4.14. The van der Waals surface area contributed by atoms with Gasteiger partial charge in [-0.25, -0.2) is 4.98 Å². The molecule has 33 heavy (non-hydrogen) atoms. The molecule has 9 heteroatoms. The molecule has 2 aromatic heterocycles. The summed E-state index contributed by atoms with van der Waals surface area (Å²) >= 11 is 0. The molecule has 0 saturated carbocycles. The molecule has 0 bridgehead atoms. The topological polar surface area (TPSA) is 104 Å². The van der Waals surface area contributed by atoms with Crippen molar-refractivity contribution in [2.45, 2.75) is 27.4 Å². The van der Waals surface area contributed by atoms with Crippen LogP contribution in [-0.2, 0) is 6.61 Å². The SMILES string of the molecule is COc1cccc(-c2noc(COc3cc(C)nc(Nc4ccc(C)c(C)c4)n3)n2)c1OC. The van der Waals surface area contributed by atoms with Gasteiger partial charge in [-0.3, -0.25) is 0 Å². The van der Waals surface area contributed by atoms with Crippen molar-refractivity contribution in [1.82, 2.24) is 20.1 Å². The number of hydrogen-bond donors (Lipinski definition) is 1. The molecule has 170 valence electrons. The van der Waals surface area contributed by atoms with E-state index in [1.54, 1.807) is 26.4 Å². The van der Waals surface area contributed by atoms with Crippen molar-refractivity contribution in [3.63, 3.8) is 0 Å². The molecule has 1 N–H and O–H groups in total. The first kappa shape index (κ1) is 22.1. The van der Waals surface area contributed by atoms with Gasteiger partial charge < -0.3 is 24.1 Å². The summed E-state index contributed by atoms with van der Waals surface area (Å²) in [6.45, 7) is 6.06. The van der Waals surface area contributed by atoms with Crippen LogP contribution in [0.3, 0.4) is 0 Å². The third kappa shape index (κ3) is 5.03. The minimum absolute atomic E-state index is 0.0544. The molecular formula is C24H25N5O4. The molecule has 0 fully saturated rings. The Morgan fingerprint density at radius 2 is 1.76 bits per heavy atom. The van der Waals surface area contributed by atoms with Gasteiger partial charge in [0.1, 0.15) is 0 Å². The van der Waals surface area contributed by atoms with Gasteiger partial charge in [-0.15, -0.1) is 0 Å². The van der Waals surface area contributed by atoms with Crippen molar-refractivity contribution in [2.75, 3.05) is 19.5 Å². The third-order valence-corrected chi connectivity index (χ3v) is 5.05. The number of hydrogen-bond acceptors (Lipinski definition) is 9. The summed E-state index contributed by atoms with van der Waals surface area (Å²) in [6.07, 6.45) is 0. The maximum atomic E-state index is 5.80. The number of para-hydroxylation sites is 1. The van der Waals surface area contributed by atoms with Gasteiger partial charge in [-0.2, -0.15) is 9.97 Å². The molecule has 4 rings (SSSR count). The van der Waals surface area contributed by atoms with Crippen LogP contribution in [0, 0.1) is 20.8 Å². The van der Waals surface area contributed by atoms with Crippen molar-refractivity contribution < 1.29 is 18.7 Å². The number of rotatable bonds is 8. The first-order valence-corrected chi connectivity index (χ1v) is 10.3. The highest BCUT2D eigenvalue weighted by Gasteiger charge is 2.17. The van der Waals surface area contributed by atoms with Gasteiger partial charge in [-0.05, 0) is 56.2 Å². The van der Waals surface area contributed by atoms with E-state index in [1.165, 1.54) is 11.1 Å². The summed E-state index contributed by atoms with van der Waals surface area (Å²) in [5.41, 5.74) is 4.73. The second kappa shape index (κ2) is 9.56. The molecule has 0 radical (unpaired) electrons.